The second-order valence-electron chi connectivity index (χ2n) is 14.2. The molecule has 10 nitrogen and oxygen atoms in total. The van der Waals surface area contributed by atoms with E-state index in [1.165, 1.54) is 0 Å². The number of carbonyl (C=O) groups is 2. The molecule has 1 N–H and O–H groups in total. The summed E-state index contributed by atoms with van der Waals surface area (Å²) in [6.45, 7) is 12.8. The molecule has 7 rings (SSSR count). The number of fused-ring (bicyclic) bond motifs is 3. The number of carboxylic acid groups (broad SMARTS) is 1. The van der Waals surface area contributed by atoms with Gasteiger partial charge in [-0.05, 0) is 106 Å². The lowest BCUT2D eigenvalue weighted by Crippen LogP contribution is -2.36. The van der Waals surface area contributed by atoms with Gasteiger partial charge < -0.3 is 24.0 Å². The zero-order valence-electron chi connectivity index (χ0n) is 30.9. The van der Waals surface area contributed by atoms with Crippen molar-refractivity contribution in [3.05, 3.63) is 97.4 Å². The van der Waals surface area contributed by atoms with Crippen molar-refractivity contribution in [2.45, 2.75) is 60.0 Å². The predicted octanol–water partition coefficient (Wildman–Crippen LogP) is 8.17. The highest BCUT2D eigenvalue weighted by Crippen LogP contribution is 2.43. The summed E-state index contributed by atoms with van der Waals surface area (Å²) in [5.74, 6) is -0.435. The highest BCUT2D eigenvalue weighted by molar-refractivity contribution is 6.35. The van der Waals surface area contributed by atoms with Crippen LogP contribution in [0.2, 0.25) is 10.0 Å². The normalized spacial score (nSPS) is 15.2. The van der Waals surface area contributed by atoms with Crippen molar-refractivity contribution in [3.63, 3.8) is 0 Å². The van der Waals surface area contributed by atoms with Crippen molar-refractivity contribution in [1.82, 2.24) is 19.2 Å². The number of morpholine rings is 1. The number of aromatic carboxylic acids is 1. The van der Waals surface area contributed by atoms with Crippen molar-refractivity contribution in [2.75, 3.05) is 44.4 Å². The summed E-state index contributed by atoms with van der Waals surface area (Å²) in [6, 6.07) is 13.1. The SMILES string of the molecule is Cc1cc(OCCCc2c3n(c4c(-c5c(C)nn(C)c5C)c(Cl)ccc24)CCCN(c2cc(CN4CCOCC4)cc(C(=O)O)c2)C3=O)cc(C)c1Cl. The maximum absolute atomic E-state index is 15.1. The van der Waals surface area contributed by atoms with E-state index >= 15 is 4.79 Å². The van der Waals surface area contributed by atoms with Crippen LogP contribution in [0.1, 0.15) is 67.3 Å². The van der Waals surface area contributed by atoms with Gasteiger partial charge in [-0.25, -0.2) is 4.79 Å². The second kappa shape index (κ2) is 15.2. The summed E-state index contributed by atoms with van der Waals surface area (Å²) in [6.07, 6.45) is 1.89. The number of amides is 1. The maximum Gasteiger partial charge on any atom is 0.335 e. The highest BCUT2D eigenvalue weighted by Gasteiger charge is 2.33. The summed E-state index contributed by atoms with van der Waals surface area (Å²) >= 11 is 13.5. The van der Waals surface area contributed by atoms with Crippen LogP contribution >= 0.6 is 23.2 Å². The van der Waals surface area contributed by atoms with Gasteiger partial charge in [0, 0.05) is 72.7 Å². The minimum Gasteiger partial charge on any atom is -0.494 e. The molecule has 1 saturated heterocycles. The second-order valence-corrected chi connectivity index (χ2v) is 15.0. The van der Waals surface area contributed by atoms with Crippen LogP contribution in [0.25, 0.3) is 22.0 Å². The number of rotatable bonds is 10. The predicted molar refractivity (Wildman–Crippen MR) is 209 cm³/mol. The minimum absolute atomic E-state index is 0.157. The van der Waals surface area contributed by atoms with E-state index < -0.39 is 5.97 Å². The lowest BCUT2D eigenvalue weighted by atomic mass is 9.98. The molecular weight excluding hydrogens is 713 g/mol. The third-order valence-corrected chi connectivity index (χ3v) is 11.5. The van der Waals surface area contributed by atoms with E-state index in [2.05, 4.69) is 9.47 Å². The molecule has 0 atom stereocenters. The van der Waals surface area contributed by atoms with E-state index in [0.29, 0.717) is 75.1 Å². The molecule has 4 heterocycles. The molecular formula is C41H45Cl2N5O5. The molecule has 0 unspecified atom stereocenters. The fourth-order valence-corrected chi connectivity index (χ4v) is 8.30. The van der Waals surface area contributed by atoms with E-state index in [4.69, 9.17) is 37.8 Å². The van der Waals surface area contributed by atoms with Gasteiger partial charge in [0.15, 0.2) is 0 Å². The fourth-order valence-electron chi connectivity index (χ4n) is 7.94. The molecule has 53 heavy (non-hydrogen) atoms. The molecule has 1 amide bonds. The van der Waals surface area contributed by atoms with E-state index in [9.17, 15) is 9.90 Å². The number of halogens is 2. The molecule has 2 aliphatic rings. The third-order valence-electron chi connectivity index (χ3n) is 10.5. The Labute approximate surface area is 319 Å². The number of hydrogen-bond acceptors (Lipinski definition) is 6. The van der Waals surface area contributed by atoms with Crippen LogP contribution in [-0.2, 0) is 31.3 Å². The number of nitrogens with zero attached hydrogens (tertiary/aromatic N) is 5. The Hall–Kier alpha value is -4.35. The Kier molecular flexibility index (Phi) is 10.6. The fraction of sp³-hybridized carbons (Fsp3) is 0.390. The number of aromatic nitrogens is 3. The Balaban J connectivity index is 1.32. The minimum atomic E-state index is -1.03. The monoisotopic (exact) mass is 757 g/mol. The van der Waals surface area contributed by atoms with E-state index in [-0.39, 0.29) is 11.5 Å². The van der Waals surface area contributed by atoms with Crippen LogP contribution in [0.4, 0.5) is 5.69 Å². The first-order chi connectivity index (χ1) is 25.4. The molecule has 12 heteroatoms. The van der Waals surface area contributed by atoms with E-state index in [1.807, 2.05) is 69.8 Å². The molecule has 0 bridgehead atoms. The van der Waals surface area contributed by atoms with Gasteiger partial charge >= 0.3 is 5.97 Å². The Morgan fingerprint density at radius 2 is 1.70 bits per heavy atom. The molecule has 0 radical (unpaired) electrons. The molecule has 1 fully saturated rings. The van der Waals surface area contributed by atoms with Crippen LogP contribution < -0.4 is 9.64 Å². The van der Waals surface area contributed by atoms with Gasteiger partial charge in [-0.3, -0.25) is 14.4 Å². The van der Waals surface area contributed by atoms with Crippen molar-refractivity contribution in [1.29, 1.82) is 0 Å². The van der Waals surface area contributed by atoms with Gasteiger partial charge in [0.25, 0.3) is 5.91 Å². The maximum atomic E-state index is 15.1. The van der Waals surface area contributed by atoms with Crippen molar-refractivity contribution >= 4 is 51.7 Å². The number of anilines is 1. The largest absolute Gasteiger partial charge is 0.494 e. The molecule has 0 aliphatic carbocycles. The van der Waals surface area contributed by atoms with Crippen molar-refractivity contribution in [3.8, 4) is 16.9 Å². The van der Waals surface area contributed by atoms with Gasteiger partial charge in [0.05, 0.1) is 41.6 Å². The molecule has 278 valence electrons. The number of hydrogen-bond donors (Lipinski definition) is 1. The first-order valence-electron chi connectivity index (χ1n) is 18.2. The van der Waals surface area contributed by atoms with Crippen molar-refractivity contribution < 1.29 is 24.2 Å². The average molecular weight is 759 g/mol. The van der Waals surface area contributed by atoms with Gasteiger partial charge in [-0.2, -0.15) is 5.10 Å². The summed E-state index contributed by atoms with van der Waals surface area (Å²) in [5, 5.41) is 17.1. The average Bonchev–Trinajstić information content (AvgIpc) is 3.50. The number of aryl methyl sites for hydroxylation is 6. The molecule has 0 spiro atoms. The quantitative estimate of drug-likeness (QED) is 0.144. The molecule has 2 aliphatic heterocycles. The first-order valence-corrected chi connectivity index (χ1v) is 18.9. The summed E-state index contributed by atoms with van der Waals surface area (Å²) < 4.78 is 15.7. The van der Waals surface area contributed by atoms with Crippen LogP contribution in [0.15, 0.2) is 42.5 Å². The summed E-state index contributed by atoms with van der Waals surface area (Å²) in [4.78, 5) is 31.5. The van der Waals surface area contributed by atoms with Crippen LogP contribution in [0.5, 0.6) is 5.75 Å². The zero-order chi connectivity index (χ0) is 37.6. The number of benzene rings is 3. The molecule has 3 aromatic carbocycles. The summed E-state index contributed by atoms with van der Waals surface area (Å²) in [5.41, 5.74) is 9.60. The van der Waals surface area contributed by atoms with Crippen molar-refractivity contribution in [2.24, 2.45) is 7.05 Å². The van der Waals surface area contributed by atoms with Crippen LogP contribution in [0, 0.1) is 27.7 Å². The van der Waals surface area contributed by atoms with E-state index in [0.717, 1.165) is 79.5 Å². The molecule has 5 aromatic rings. The smallest absolute Gasteiger partial charge is 0.335 e. The highest BCUT2D eigenvalue weighted by atomic mass is 35.5. The van der Waals surface area contributed by atoms with E-state index in [1.54, 1.807) is 17.0 Å². The Morgan fingerprint density at radius 1 is 0.962 bits per heavy atom. The van der Waals surface area contributed by atoms with Gasteiger partial charge in [0.2, 0.25) is 0 Å². The topological polar surface area (TPSA) is 102 Å². The van der Waals surface area contributed by atoms with Crippen LogP contribution in [0.3, 0.4) is 0 Å². The lowest BCUT2D eigenvalue weighted by molar-refractivity contribution is 0.0341. The first kappa shape index (κ1) is 37.0. The number of ether oxygens (including phenoxy) is 2. The number of carboxylic acids is 1. The zero-order valence-corrected chi connectivity index (χ0v) is 32.4. The standard InChI is InChI=1S/C41H45Cl2N5O5/c1-24-18-31(19-25(2)37(24)43)53-15-6-8-32-33-9-10-34(42)36(35-26(3)44-45(5)27(35)4)38(33)48-12-7-11-47(40(49)39(32)48)30-21-28(20-29(22-30)41(50)51)23-46-13-16-52-17-14-46/h9-10,18-22H,6-8,11-17,23H2,1-5H3,(H,50,51). The molecule has 2 aromatic heterocycles. The number of carbonyl (C=O) groups excluding carboxylic acids is 1. The third kappa shape index (κ3) is 7.17. The van der Waals surface area contributed by atoms with Gasteiger partial charge in [-0.15, -0.1) is 0 Å². The lowest BCUT2D eigenvalue weighted by Gasteiger charge is -2.27. The van der Waals surface area contributed by atoms with Gasteiger partial charge in [0.1, 0.15) is 11.4 Å². The Morgan fingerprint density at radius 3 is 2.38 bits per heavy atom. The van der Waals surface area contributed by atoms with Crippen LogP contribution in [-0.4, -0.2) is 75.7 Å². The summed E-state index contributed by atoms with van der Waals surface area (Å²) in [7, 11) is 1.92. The Bertz CT molecular complexity index is 2210. The van der Waals surface area contributed by atoms with Gasteiger partial charge in [-0.1, -0.05) is 29.3 Å². The molecule has 0 saturated carbocycles.